The van der Waals surface area contributed by atoms with Crippen molar-refractivity contribution < 1.29 is 9.90 Å². The molecule has 1 aliphatic heterocycles. The van der Waals surface area contributed by atoms with E-state index in [2.05, 4.69) is 22.0 Å². The summed E-state index contributed by atoms with van der Waals surface area (Å²) in [4.78, 5) is 18.1. The quantitative estimate of drug-likeness (QED) is 0.629. The number of hydrogen-bond donors (Lipinski definition) is 2. The van der Waals surface area contributed by atoms with Crippen LogP contribution >= 0.6 is 0 Å². The van der Waals surface area contributed by atoms with Crippen LogP contribution in [0.5, 0.6) is 5.75 Å². The zero-order chi connectivity index (χ0) is 22.4. The highest BCUT2D eigenvalue weighted by Gasteiger charge is 2.36. The van der Waals surface area contributed by atoms with E-state index in [1.54, 1.807) is 6.07 Å². The number of nitrogens with one attached hydrogen (secondary N) is 1. The lowest BCUT2D eigenvalue weighted by Crippen LogP contribution is -2.54. The maximum atomic E-state index is 13.3. The molecule has 3 aliphatic rings. The second-order valence-electron chi connectivity index (χ2n) is 10.8. The first-order valence-electron chi connectivity index (χ1n) is 13.1. The van der Waals surface area contributed by atoms with Crippen molar-refractivity contribution in [3.8, 4) is 5.75 Å². The number of rotatable bonds is 7. The van der Waals surface area contributed by atoms with Gasteiger partial charge in [0.1, 0.15) is 5.75 Å². The molecule has 32 heavy (non-hydrogen) atoms. The predicted molar refractivity (Wildman–Crippen MR) is 131 cm³/mol. The Labute approximate surface area is 194 Å². The van der Waals surface area contributed by atoms with Gasteiger partial charge in [-0.15, -0.1) is 0 Å². The number of phenolic OH excluding ortho intramolecular Hbond substituents is 1. The molecule has 178 valence electrons. The summed E-state index contributed by atoms with van der Waals surface area (Å²) in [5, 5.41) is 13.7. The molecule has 0 spiro atoms. The van der Waals surface area contributed by atoms with E-state index < -0.39 is 0 Å². The number of carbonyl (C=O) groups excluding carboxylic acids is 1. The Bertz CT molecular complexity index is 732. The van der Waals surface area contributed by atoms with E-state index in [-0.39, 0.29) is 11.5 Å². The van der Waals surface area contributed by atoms with E-state index in [1.807, 2.05) is 18.2 Å². The smallest absolute Gasteiger partial charge is 0.226 e. The number of piperazine rings is 1. The molecule has 3 fully saturated rings. The predicted octanol–water partition coefficient (Wildman–Crippen LogP) is 4.94. The fourth-order valence-electron chi connectivity index (χ4n) is 6.14. The minimum Gasteiger partial charge on any atom is -0.506 e. The van der Waals surface area contributed by atoms with Crippen molar-refractivity contribution in [2.24, 2.45) is 11.3 Å². The second kappa shape index (κ2) is 10.9. The lowest BCUT2D eigenvalue weighted by Gasteiger charge is -2.40. The van der Waals surface area contributed by atoms with Crippen LogP contribution in [0.2, 0.25) is 0 Å². The standard InChI is InChI=1S/C27H43N3O2/c1-27(14-8-3-9-15-27)26(32)28-23(20-22-10-4-2-5-11-22)21-29-16-18-30(19-17-29)24-12-6-7-13-25(24)31/h6-7,12-13,22-23,31H,2-5,8-11,14-21H2,1H3,(H,28,32)/t23-/m1/s1. The van der Waals surface area contributed by atoms with Crippen molar-refractivity contribution in [3.63, 3.8) is 0 Å². The molecule has 1 saturated heterocycles. The van der Waals surface area contributed by atoms with Crippen molar-refractivity contribution in [3.05, 3.63) is 24.3 Å². The average molecular weight is 442 g/mol. The van der Waals surface area contributed by atoms with E-state index in [1.165, 1.54) is 51.4 Å². The average Bonchev–Trinajstić information content (AvgIpc) is 2.81. The minimum absolute atomic E-state index is 0.174. The van der Waals surface area contributed by atoms with Crippen molar-refractivity contribution in [1.29, 1.82) is 0 Å². The fourth-order valence-corrected chi connectivity index (χ4v) is 6.14. The highest BCUT2D eigenvalue weighted by atomic mass is 16.3. The Hall–Kier alpha value is -1.75. The number of benzene rings is 1. The van der Waals surface area contributed by atoms with Crippen LogP contribution in [-0.2, 0) is 4.79 Å². The van der Waals surface area contributed by atoms with Crippen LogP contribution in [0.25, 0.3) is 0 Å². The Morgan fingerprint density at radius 1 is 1.03 bits per heavy atom. The molecule has 1 aromatic carbocycles. The first-order chi connectivity index (χ1) is 15.5. The third-order valence-corrected chi connectivity index (χ3v) is 8.26. The second-order valence-corrected chi connectivity index (χ2v) is 10.8. The molecule has 1 atom stereocenters. The normalized spacial score (nSPS) is 23.6. The van der Waals surface area contributed by atoms with Gasteiger partial charge in [0.25, 0.3) is 0 Å². The molecule has 0 aromatic heterocycles. The number of phenols is 1. The molecular weight excluding hydrogens is 398 g/mol. The number of amides is 1. The molecule has 5 nitrogen and oxygen atoms in total. The first kappa shape index (κ1) is 23.4. The Balaban J connectivity index is 1.35. The monoisotopic (exact) mass is 441 g/mol. The van der Waals surface area contributed by atoms with Crippen LogP contribution in [0, 0.1) is 11.3 Å². The molecule has 2 N–H and O–H groups in total. The van der Waals surface area contributed by atoms with E-state index in [9.17, 15) is 9.90 Å². The van der Waals surface area contributed by atoms with E-state index in [4.69, 9.17) is 0 Å². The number of anilines is 1. The van der Waals surface area contributed by atoms with Crippen molar-refractivity contribution in [2.75, 3.05) is 37.6 Å². The highest BCUT2D eigenvalue weighted by Crippen LogP contribution is 2.36. The molecule has 2 saturated carbocycles. The van der Waals surface area contributed by atoms with Crippen LogP contribution in [-0.4, -0.2) is 54.7 Å². The van der Waals surface area contributed by atoms with Gasteiger partial charge in [0.05, 0.1) is 5.69 Å². The van der Waals surface area contributed by atoms with Gasteiger partial charge in [-0.2, -0.15) is 0 Å². The zero-order valence-electron chi connectivity index (χ0n) is 20.0. The number of nitrogens with zero attached hydrogens (tertiary/aromatic N) is 2. The lowest BCUT2D eigenvalue weighted by molar-refractivity contribution is -0.133. The van der Waals surface area contributed by atoms with Crippen molar-refractivity contribution in [2.45, 2.75) is 83.6 Å². The van der Waals surface area contributed by atoms with E-state index in [0.717, 1.165) is 63.6 Å². The van der Waals surface area contributed by atoms with Gasteiger partial charge >= 0.3 is 0 Å². The van der Waals surface area contributed by atoms with Crippen molar-refractivity contribution >= 4 is 11.6 Å². The van der Waals surface area contributed by atoms with Gasteiger partial charge < -0.3 is 15.3 Å². The van der Waals surface area contributed by atoms with Crippen LogP contribution in [0.4, 0.5) is 5.69 Å². The molecular formula is C27H43N3O2. The van der Waals surface area contributed by atoms with Gasteiger partial charge in [0.15, 0.2) is 0 Å². The zero-order valence-corrected chi connectivity index (χ0v) is 20.0. The van der Waals surface area contributed by atoms with Crippen LogP contribution in [0.3, 0.4) is 0 Å². The molecule has 0 bridgehead atoms. The summed E-state index contributed by atoms with van der Waals surface area (Å²) in [7, 11) is 0. The fraction of sp³-hybridized carbons (Fsp3) is 0.741. The minimum atomic E-state index is -0.174. The maximum Gasteiger partial charge on any atom is 0.226 e. The first-order valence-corrected chi connectivity index (χ1v) is 13.1. The van der Waals surface area contributed by atoms with Gasteiger partial charge in [-0.05, 0) is 37.3 Å². The number of carbonyl (C=O) groups is 1. The third kappa shape index (κ3) is 5.98. The Morgan fingerprint density at radius 3 is 2.38 bits per heavy atom. The number of para-hydroxylation sites is 2. The summed E-state index contributed by atoms with van der Waals surface area (Å²) in [6, 6.07) is 7.88. The van der Waals surface area contributed by atoms with E-state index >= 15 is 0 Å². The third-order valence-electron chi connectivity index (χ3n) is 8.26. The summed E-state index contributed by atoms with van der Waals surface area (Å²) in [6.45, 7) is 6.92. The number of aromatic hydroxyl groups is 1. The molecule has 1 aromatic rings. The molecule has 4 rings (SSSR count). The Morgan fingerprint density at radius 2 is 1.69 bits per heavy atom. The van der Waals surface area contributed by atoms with Crippen LogP contribution < -0.4 is 10.2 Å². The van der Waals surface area contributed by atoms with Crippen molar-refractivity contribution in [1.82, 2.24) is 10.2 Å². The summed E-state index contributed by atoms with van der Waals surface area (Å²) < 4.78 is 0. The SMILES string of the molecule is CC1(C(=O)N[C@H](CC2CCCCC2)CN2CCN(c3ccccc3O)CC2)CCCCC1. The molecule has 2 aliphatic carbocycles. The molecule has 1 heterocycles. The topological polar surface area (TPSA) is 55.8 Å². The van der Waals surface area contributed by atoms with Gasteiger partial charge in [-0.25, -0.2) is 0 Å². The lowest BCUT2D eigenvalue weighted by atomic mass is 9.74. The highest BCUT2D eigenvalue weighted by molar-refractivity contribution is 5.82. The van der Waals surface area contributed by atoms with Crippen LogP contribution in [0.1, 0.15) is 77.6 Å². The molecule has 0 unspecified atom stereocenters. The van der Waals surface area contributed by atoms with Gasteiger partial charge in [-0.3, -0.25) is 9.69 Å². The summed E-state index contributed by atoms with van der Waals surface area (Å²) in [6.07, 6.45) is 13.6. The van der Waals surface area contributed by atoms with E-state index in [0.29, 0.717) is 11.7 Å². The molecule has 1 amide bonds. The summed E-state index contributed by atoms with van der Waals surface area (Å²) in [5.74, 6) is 1.42. The summed E-state index contributed by atoms with van der Waals surface area (Å²) >= 11 is 0. The Kier molecular flexibility index (Phi) is 7.98. The number of hydrogen-bond acceptors (Lipinski definition) is 4. The van der Waals surface area contributed by atoms with Gasteiger partial charge in [-0.1, -0.05) is 70.4 Å². The molecule has 5 heteroatoms. The van der Waals surface area contributed by atoms with Gasteiger partial charge in [0.2, 0.25) is 5.91 Å². The maximum absolute atomic E-state index is 13.3. The summed E-state index contributed by atoms with van der Waals surface area (Å²) in [5.41, 5.74) is 0.761. The van der Waals surface area contributed by atoms with Gasteiger partial charge in [0, 0.05) is 44.2 Å². The molecule has 0 radical (unpaired) electrons. The largest absolute Gasteiger partial charge is 0.506 e. The van der Waals surface area contributed by atoms with Crippen LogP contribution in [0.15, 0.2) is 24.3 Å².